The molecule has 2 atom stereocenters. The molecule has 0 amide bonds. The fourth-order valence-corrected chi connectivity index (χ4v) is 3.95. The van der Waals surface area contributed by atoms with Crippen molar-refractivity contribution in [1.29, 1.82) is 0 Å². The summed E-state index contributed by atoms with van der Waals surface area (Å²) in [5, 5.41) is 11.9. The van der Waals surface area contributed by atoms with Crippen molar-refractivity contribution in [1.82, 2.24) is 4.90 Å². The molecular weight excluding hydrogens is 367 g/mol. The first kappa shape index (κ1) is 17.8. The predicted molar refractivity (Wildman–Crippen MR) is 102 cm³/mol. The molecule has 2 unspecified atom stereocenters. The number of hydrogen-bond donors (Lipinski definition) is 1. The summed E-state index contributed by atoms with van der Waals surface area (Å²) in [6.07, 6.45) is 0. The Balaban J connectivity index is 2.06. The summed E-state index contributed by atoms with van der Waals surface area (Å²) in [4.78, 5) is 4.42. The van der Waals surface area contributed by atoms with E-state index in [0.29, 0.717) is 15.1 Å². The maximum atomic E-state index is 9.98. The van der Waals surface area contributed by atoms with Crippen LogP contribution in [0.2, 0.25) is 15.1 Å². The number of hydrogen-bond acceptors (Lipinski definition) is 3. The molecule has 0 bridgehead atoms. The molecule has 2 aromatic rings. The zero-order chi connectivity index (χ0) is 17.3. The molecule has 3 nitrogen and oxygen atoms in total. The van der Waals surface area contributed by atoms with Crippen LogP contribution in [0.25, 0.3) is 0 Å². The number of anilines is 1. The maximum absolute atomic E-state index is 9.98. The Bertz CT molecular complexity index is 708. The number of aliphatic hydroxyl groups is 1. The van der Waals surface area contributed by atoms with Crippen molar-refractivity contribution in [2.45, 2.75) is 12.1 Å². The van der Waals surface area contributed by atoms with Gasteiger partial charge in [-0.15, -0.1) is 0 Å². The number of halogens is 3. The maximum Gasteiger partial charge on any atom is 0.0721 e. The number of piperazine rings is 1. The molecule has 2 aromatic carbocycles. The van der Waals surface area contributed by atoms with Crippen LogP contribution in [-0.4, -0.2) is 42.8 Å². The molecular formula is C18H19Cl3N2O. The summed E-state index contributed by atoms with van der Waals surface area (Å²) in [5.41, 5.74) is 2.02. The lowest BCUT2D eigenvalue weighted by molar-refractivity contribution is 0.104. The molecule has 3 rings (SSSR count). The summed E-state index contributed by atoms with van der Waals surface area (Å²) in [6.45, 7) is 1.71. The normalized spacial score (nSPS) is 22.0. The minimum Gasteiger partial charge on any atom is -0.395 e. The Kier molecular flexibility index (Phi) is 5.58. The van der Waals surface area contributed by atoms with Crippen molar-refractivity contribution in [3.63, 3.8) is 0 Å². The number of likely N-dealkylation sites (N-methyl/N-ethyl adjacent to an activating group) is 1. The lowest BCUT2D eigenvalue weighted by Crippen LogP contribution is -2.55. The van der Waals surface area contributed by atoms with E-state index in [9.17, 15) is 5.11 Å². The van der Waals surface area contributed by atoms with Gasteiger partial charge in [-0.2, -0.15) is 0 Å². The van der Waals surface area contributed by atoms with Crippen LogP contribution in [0.1, 0.15) is 11.6 Å². The van der Waals surface area contributed by atoms with Crippen LogP contribution in [0, 0.1) is 0 Å². The third-order valence-corrected chi connectivity index (χ3v) is 5.37. The Morgan fingerprint density at radius 3 is 2.29 bits per heavy atom. The van der Waals surface area contributed by atoms with E-state index in [2.05, 4.69) is 9.80 Å². The minimum absolute atomic E-state index is 0.0234. The van der Waals surface area contributed by atoms with E-state index in [0.717, 1.165) is 24.3 Å². The number of aliphatic hydroxyl groups excluding tert-OH is 1. The van der Waals surface area contributed by atoms with Gasteiger partial charge in [0.25, 0.3) is 0 Å². The standard InChI is InChI=1S/C18H19Cl3N2O/c1-22-8-9-23(16-7-6-14(20)10-15(16)21)18(17(22)11-24)12-2-4-13(19)5-3-12/h2-7,10,17-18,24H,8-9,11H2,1H3. The summed E-state index contributed by atoms with van der Waals surface area (Å²) >= 11 is 18.5. The van der Waals surface area contributed by atoms with Crippen LogP contribution in [-0.2, 0) is 0 Å². The van der Waals surface area contributed by atoms with Gasteiger partial charge in [0, 0.05) is 23.1 Å². The highest BCUT2D eigenvalue weighted by molar-refractivity contribution is 6.36. The average molecular weight is 386 g/mol. The molecule has 24 heavy (non-hydrogen) atoms. The largest absolute Gasteiger partial charge is 0.395 e. The lowest BCUT2D eigenvalue weighted by Gasteiger charge is -2.47. The molecule has 0 aromatic heterocycles. The van der Waals surface area contributed by atoms with E-state index in [-0.39, 0.29) is 18.7 Å². The summed E-state index contributed by atoms with van der Waals surface area (Å²) in [7, 11) is 2.03. The molecule has 0 aliphatic carbocycles. The Labute approximate surface area is 157 Å². The molecule has 0 spiro atoms. The molecule has 1 fully saturated rings. The zero-order valence-electron chi connectivity index (χ0n) is 13.3. The first-order chi connectivity index (χ1) is 11.5. The highest BCUT2D eigenvalue weighted by atomic mass is 35.5. The van der Waals surface area contributed by atoms with Gasteiger partial charge in [0.15, 0.2) is 0 Å². The smallest absolute Gasteiger partial charge is 0.0721 e. The van der Waals surface area contributed by atoms with Crippen molar-refractivity contribution >= 4 is 40.5 Å². The van der Waals surface area contributed by atoms with Gasteiger partial charge < -0.3 is 10.0 Å². The van der Waals surface area contributed by atoms with Crippen LogP contribution in [0.3, 0.4) is 0 Å². The molecule has 1 N–H and O–H groups in total. The molecule has 128 valence electrons. The second kappa shape index (κ2) is 7.51. The third kappa shape index (κ3) is 3.51. The SMILES string of the molecule is CN1CCN(c2ccc(Cl)cc2Cl)C(c2ccc(Cl)cc2)C1CO. The van der Waals surface area contributed by atoms with E-state index >= 15 is 0 Å². The number of benzene rings is 2. The molecule has 1 aliphatic rings. The summed E-state index contributed by atoms with van der Waals surface area (Å²) in [5.74, 6) is 0. The lowest BCUT2D eigenvalue weighted by atomic mass is 9.94. The van der Waals surface area contributed by atoms with Crippen molar-refractivity contribution < 1.29 is 5.11 Å². The van der Waals surface area contributed by atoms with Gasteiger partial charge in [-0.3, -0.25) is 4.90 Å². The van der Waals surface area contributed by atoms with Crippen molar-refractivity contribution in [2.75, 3.05) is 31.6 Å². The third-order valence-electron chi connectivity index (χ3n) is 4.58. The molecule has 1 aliphatic heterocycles. The molecule has 0 radical (unpaired) electrons. The predicted octanol–water partition coefficient (Wildman–Crippen LogP) is 4.50. The van der Waals surface area contributed by atoms with Gasteiger partial charge in [0.05, 0.1) is 29.4 Å². The summed E-state index contributed by atoms with van der Waals surface area (Å²) in [6, 6.07) is 13.2. The fraction of sp³-hybridized carbons (Fsp3) is 0.333. The second-order valence-corrected chi connectivity index (χ2v) is 7.30. The second-order valence-electron chi connectivity index (χ2n) is 6.02. The topological polar surface area (TPSA) is 26.7 Å². The highest BCUT2D eigenvalue weighted by Gasteiger charge is 2.36. The molecule has 1 saturated heterocycles. The first-order valence-corrected chi connectivity index (χ1v) is 8.93. The van der Waals surface area contributed by atoms with Crippen molar-refractivity contribution in [3.05, 3.63) is 63.1 Å². The quantitative estimate of drug-likeness (QED) is 0.842. The number of rotatable bonds is 3. The van der Waals surface area contributed by atoms with E-state index in [1.54, 1.807) is 6.07 Å². The molecule has 0 saturated carbocycles. The highest BCUT2D eigenvalue weighted by Crippen LogP contribution is 2.39. The van der Waals surface area contributed by atoms with Crippen LogP contribution in [0.4, 0.5) is 5.69 Å². The molecule has 6 heteroatoms. The van der Waals surface area contributed by atoms with Gasteiger partial charge in [0.2, 0.25) is 0 Å². The van der Waals surface area contributed by atoms with E-state index in [4.69, 9.17) is 34.8 Å². The Hall–Kier alpha value is -0.970. The van der Waals surface area contributed by atoms with Gasteiger partial charge >= 0.3 is 0 Å². The van der Waals surface area contributed by atoms with E-state index < -0.39 is 0 Å². The van der Waals surface area contributed by atoms with Gasteiger partial charge in [-0.1, -0.05) is 46.9 Å². The summed E-state index contributed by atoms with van der Waals surface area (Å²) < 4.78 is 0. The number of nitrogens with zero attached hydrogens (tertiary/aromatic N) is 2. The van der Waals surface area contributed by atoms with Crippen LogP contribution in [0.5, 0.6) is 0 Å². The van der Waals surface area contributed by atoms with Crippen LogP contribution in [0.15, 0.2) is 42.5 Å². The average Bonchev–Trinajstić information content (AvgIpc) is 2.56. The van der Waals surface area contributed by atoms with E-state index in [1.165, 1.54) is 0 Å². The first-order valence-electron chi connectivity index (χ1n) is 7.79. The van der Waals surface area contributed by atoms with Crippen LogP contribution >= 0.6 is 34.8 Å². The monoisotopic (exact) mass is 384 g/mol. The van der Waals surface area contributed by atoms with Gasteiger partial charge in [-0.25, -0.2) is 0 Å². The minimum atomic E-state index is -0.0355. The van der Waals surface area contributed by atoms with Crippen molar-refractivity contribution in [3.8, 4) is 0 Å². The fourth-order valence-electron chi connectivity index (χ4n) is 3.30. The van der Waals surface area contributed by atoms with E-state index in [1.807, 2.05) is 43.4 Å². The Morgan fingerprint density at radius 2 is 1.67 bits per heavy atom. The van der Waals surface area contributed by atoms with Gasteiger partial charge in [-0.05, 0) is 42.9 Å². The van der Waals surface area contributed by atoms with Crippen LogP contribution < -0.4 is 4.90 Å². The van der Waals surface area contributed by atoms with Crippen molar-refractivity contribution in [2.24, 2.45) is 0 Å². The Morgan fingerprint density at radius 1 is 1.00 bits per heavy atom. The molecule has 1 heterocycles. The zero-order valence-corrected chi connectivity index (χ0v) is 15.6. The van der Waals surface area contributed by atoms with Gasteiger partial charge in [0.1, 0.15) is 0 Å².